The molecular formula is C13H16FNO. The number of hydrogen-bond acceptors (Lipinski definition) is 1. The molecule has 2 rings (SSSR count). The molecule has 86 valence electrons. The largest absolute Gasteiger partial charge is 0.323 e. The lowest BCUT2D eigenvalue weighted by molar-refractivity contribution is -0.117. The summed E-state index contributed by atoms with van der Waals surface area (Å²) in [6.07, 6.45) is 1.86. The predicted molar refractivity (Wildman–Crippen MR) is 61.8 cm³/mol. The van der Waals surface area contributed by atoms with Crippen molar-refractivity contribution < 1.29 is 9.18 Å². The zero-order valence-corrected chi connectivity index (χ0v) is 9.59. The van der Waals surface area contributed by atoms with Crippen LogP contribution in [0, 0.1) is 11.7 Å². The van der Waals surface area contributed by atoms with E-state index in [1.165, 1.54) is 6.07 Å². The van der Waals surface area contributed by atoms with E-state index in [-0.39, 0.29) is 17.6 Å². The molecule has 0 saturated heterocycles. The Morgan fingerprint density at radius 2 is 2.12 bits per heavy atom. The summed E-state index contributed by atoms with van der Waals surface area (Å²) in [5.74, 6) is 0.0116. The fraction of sp³-hybridized carbons (Fsp3) is 0.462. The zero-order valence-electron chi connectivity index (χ0n) is 9.59. The Kier molecular flexibility index (Phi) is 2.95. The van der Waals surface area contributed by atoms with Crippen molar-refractivity contribution in [3.05, 3.63) is 29.6 Å². The van der Waals surface area contributed by atoms with Crippen molar-refractivity contribution in [3.8, 4) is 0 Å². The van der Waals surface area contributed by atoms with Crippen LogP contribution in [0.4, 0.5) is 10.1 Å². The molecule has 1 N–H and O–H groups in total. The Morgan fingerprint density at radius 3 is 2.69 bits per heavy atom. The van der Waals surface area contributed by atoms with Crippen molar-refractivity contribution in [2.75, 3.05) is 5.32 Å². The summed E-state index contributed by atoms with van der Waals surface area (Å²) < 4.78 is 13.5. The summed E-state index contributed by atoms with van der Waals surface area (Å²) in [4.78, 5) is 11.5. The van der Waals surface area contributed by atoms with Crippen LogP contribution in [-0.4, -0.2) is 5.91 Å². The van der Waals surface area contributed by atoms with Gasteiger partial charge in [0.1, 0.15) is 5.82 Å². The molecule has 0 unspecified atom stereocenters. The van der Waals surface area contributed by atoms with E-state index < -0.39 is 0 Å². The van der Waals surface area contributed by atoms with Crippen LogP contribution in [0.5, 0.6) is 0 Å². The maximum atomic E-state index is 13.5. The van der Waals surface area contributed by atoms with Crippen LogP contribution in [0.15, 0.2) is 18.2 Å². The lowest BCUT2D eigenvalue weighted by Crippen LogP contribution is -2.14. The fourth-order valence-corrected chi connectivity index (χ4v) is 1.58. The summed E-state index contributed by atoms with van der Waals surface area (Å²) in [6, 6.07) is 4.89. The van der Waals surface area contributed by atoms with Gasteiger partial charge in [-0.25, -0.2) is 4.39 Å². The van der Waals surface area contributed by atoms with Crippen molar-refractivity contribution in [2.45, 2.75) is 32.6 Å². The van der Waals surface area contributed by atoms with E-state index in [2.05, 4.69) is 5.32 Å². The smallest absolute Gasteiger partial charge is 0.227 e. The number of anilines is 1. The van der Waals surface area contributed by atoms with Crippen LogP contribution in [-0.2, 0) is 4.79 Å². The topological polar surface area (TPSA) is 29.1 Å². The Labute approximate surface area is 94.9 Å². The highest BCUT2D eigenvalue weighted by Gasteiger charge is 2.30. The minimum absolute atomic E-state index is 0.0557. The van der Waals surface area contributed by atoms with Crippen molar-refractivity contribution in [1.82, 2.24) is 0 Å². The molecule has 0 aromatic heterocycles. The standard InChI is InChI=1S/C13H16FNO/c1-8(2)10-5-6-11(14)12(7-10)15-13(16)9-3-4-9/h5-9H,3-4H2,1-2H3,(H,15,16). The van der Waals surface area contributed by atoms with Crippen molar-refractivity contribution >= 4 is 11.6 Å². The second-order valence-corrected chi connectivity index (χ2v) is 4.66. The maximum Gasteiger partial charge on any atom is 0.227 e. The molecule has 0 radical (unpaired) electrons. The Bertz CT molecular complexity index is 410. The number of carbonyl (C=O) groups excluding carboxylic acids is 1. The van der Waals surface area contributed by atoms with Gasteiger partial charge >= 0.3 is 0 Å². The van der Waals surface area contributed by atoms with Gasteiger partial charge in [0.05, 0.1) is 5.69 Å². The van der Waals surface area contributed by atoms with Crippen LogP contribution in [0.3, 0.4) is 0 Å². The van der Waals surface area contributed by atoms with Gasteiger partial charge in [0.25, 0.3) is 0 Å². The van der Waals surface area contributed by atoms with Crippen LogP contribution >= 0.6 is 0 Å². The monoisotopic (exact) mass is 221 g/mol. The maximum absolute atomic E-state index is 13.5. The van der Waals surface area contributed by atoms with E-state index in [1.807, 2.05) is 13.8 Å². The summed E-state index contributed by atoms with van der Waals surface area (Å²) in [7, 11) is 0. The lowest BCUT2D eigenvalue weighted by Gasteiger charge is -2.10. The van der Waals surface area contributed by atoms with Gasteiger partial charge in [-0.2, -0.15) is 0 Å². The number of halogens is 1. The van der Waals surface area contributed by atoms with Crippen LogP contribution < -0.4 is 5.32 Å². The summed E-state index contributed by atoms with van der Waals surface area (Å²) >= 11 is 0. The molecule has 0 atom stereocenters. The number of benzene rings is 1. The first kappa shape index (κ1) is 11.1. The molecule has 0 aliphatic heterocycles. The molecule has 2 nitrogen and oxygen atoms in total. The number of rotatable bonds is 3. The predicted octanol–water partition coefficient (Wildman–Crippen LogP) is 3.30. The van der Waals surface area contributed by atoms with Crippen molar-refractivity contribution in [2.24, 2.45) is 5.92 Å². The third-order valence-corrected chi connectivity index (χ3v) is 2.86. The number of hydrogen-bond donors (Lipinski definition) is 1. The van der Waals surface area contributed by atoms with Crippen molar-refractivity contribution in [3.63, 3.8) is 0 Å². The van der Waals surface area contributed by atoms with E-state index in [0.717, 1.165) is 18.4 Å². The quantitative estimate of drug-likeness (QED) is 0.833. The van der Waals surface area contributed by atoms with E-state index in [0.29, 0.717) is 11.6 Å². The SMILES string of the molecule is CC(C)c1ccc(F)c(NC(=O)C2CC2)c1. The van der Waals surface area contributed by atoms with Crippen LogP contribution in [0.2, 0.25) is 0 Å². The highest BCUT2D eigenvalue weighted by atomic mass is 19.1. The molecule has 16 heavy (non-hydrogen) atoms. The van der Waals surface area contributed by atoms with E-state index >= 15 is 0 Å². The van der Waals surface area contributed by atoms with E-state index in [9.17, 15) is 9.18 Å². The van der Waals surface area contributed by atoms with Crippen LogP contribution in [0.25, 0.3) is 0 Å². The van der Waals surface area contributed by atoms with Gasteiger partial charge in [-0.3, -0.25) is 4.79 Å². The number of amides is 1. The third kappa shape index (κ3) is 2.40. The molecule has 1 saturated carbocycles. The Morgan fingerprint density at radius 1 is 1.44 bits per heavy atom. The molecular weight excluding hydrogens is 205 g/mol. The first-order valence-corrected chi connectivity index (χ1v) is 5.68. The second kappa shape index (κ2) is 4.24. The normalized spacial score (nSPS) is 15.2. The minimum Gasteiger partial charge on any atom is -0.323 e. The van der Waals surface area contributed by atoms with Gasteiger partial charge in [-0.05, 0) is 36.5 Å². The minimum atomic E-state index is -0.363. The summed E-state index contributed by atoms with van der Waals surface area (Å²) in [5, 5.41) is 2.65. The van der Waals surface area contributed by atoms with Gasteiger partial charge in [-0.1, -0.05) is 19.9 Å². The molecule has 0 bridgehead atoms. The van der Waals surface area contributed by atoms with Gasteiger partial charge < -0.3 is 5.32 Å². The second-order valence-electron chi connectivity index (χ2n) is 4.66. The average molecular weight is 221 g/mol. The van der Waals surface area contributed by atoms with E-state index in [4.69, 9.17) is 0 Å². The third-order valence-electron chi connectivity index (χ3n) is 2.86. The van der Waals surface area contributed by atoms with E-state index in [1.54, 1.807) is 12.1 Å². The number of carbonyl (C=O) groups is 1. The molecule has 1 aliphatic carbocycles. The number of nitrogens with one attached hydrogen (secondary N) is 1. The molecule has 0 spiro atoms. The molecule has 1 fully saturated rings. The van der Waals surface area contributed by atoms with Gasteiger partial charge in [0, 0.05) is 5.92 Å². The van der Waals surface area contributed by atoms with Gasteiger partial charge in [-0.15, -0.1) is 0 Å². The highest BCUT2D eigenvalue weighted by Crippen LogP contribution is 2.31. The zero-order chi connectivity index (χ0) is 11.7. The highest BCUT2D eigenvalue weighted by molar-refractivity contribution is 5.94. The fourth-order valence-electron chi connectivity index (χ4n) is 1.58. The van der Waals surface area contributed by atoms with Crippen molar-refractivity contribution in [1.29, 1.82) is 0 Å². The molecule has 0 heterocycles. The molecule has 1 aromatic carbocycles. The molecule has 3 heteroatoms. The Hall–Kier alpha value is -1.38. The van der Waals surface area contributed by atoms with Crippen LogP contribution in [0.1, 0.15) is 38.2 Å². The van der Waals surface area contributed by atoms with Gasteiger partial charge in [0.15, 0.2) is 0 Å². The average Bonchev–Trinajstić information content (AvgIpc) is 3.04. The first-order chi connectivity index (χ1) is 7.58. The lowest BCUT2D eigenvalue weighted by atomic mass is 10.0. The molecule has 1 aliphatic rings. The summed E-state index contributed by atoms with van der Waals surface area (Å²) in [6.45, 7) is 4.08. The summed E-state index contributed by atoms with van der Waals surface area (Å²) in [5.41, 5.74) is 1.34. The first-order valence-electron chi connectivity index (χ1n) is 5.68. The van der Waals surface area contributed by atoms with Gasteiger partial charge in [0.2, 0.25) is 5.91 Å². The molecule has 1 amide bonds. The molecule has 1 aromatic rings. The Balaban J connectivity index is 2.17.